The summed E-state index contributed by atoms with van der Waals surface area (Å²) in [5.41, 5.74) is 0.785. The van der Waals surface area contributed by atoms with Crippen LogP contribution in [0.15, 0.2) is 53.4 Å². The van der Waals surface area contributed by atoms with Gasteiger partial charge in [-0.05, 0) is 54.2 Å². The monoisotopic (exact) mass is 404 g/mol. The zero-order valence-electron chi connectivity index (χ0n) is 16.1. The standard InChI is InChI=1S/C21H25FN2O3S/c1-15-11-16(2)14-24(13-15)28(26,27)19-9-7-18(8-10-19)23-21(25)12-17-5-3-4-6-20(17)22/h3-10,15-16H,11-14H2,1-2H3,(H,23,25)/t15-,16-/m1/s1. The highest BCUT2D eigenvalue weighted by Gasteiger charge is 2.31. The number of carbonyl (C=O) groups excluding carboxylic acids is 1. The quantitative estimate of drug-likeness (QED) is 0.827. The van der Waals surface area contributed by atoms with Crippen molar-refractivity contribution in [3.63, 3.8) is 0 Å². The normalized spacial score (nSPS) is 20.7. The highest BCUT2D eigenvalue weighted by Crippen LogP contribution is 2.27. The Hall–Kier alpha value is -2.25. The molecule has 0 saturated carbocycles. The van der Waals surface area contributed by atoms with Crippen molar-refractivity contribution in [1.82, 2.24) is 4.31 Å². The van der Waals surface area contributed by atoms with E-state index in [9.17, 15) is 17.6 Å². The zero-order valence-corrected chi connectivity index (χ0v) is 16.9. The van der Waals surface area contributed by atoms with Gasteiger partial charge in [-0.3, -0.25) is 4.79 Å². The number of rotatable bonds is 5. The fraction of sp³-hybridized carbons (Fsp3) is 0.381. The highest BCUT2D eigenvalue weighted by molar-refractivity contribution is 7.89. The highest BCUT2D eigenvalue weighted by atomic mass is 32.2. The van der Waals surface area contributed by atoms with Crippen LogP contribution in [-0.4, -0.2) is 31.7 Å². The number of nitrogens with zero attached hydrogens (tertiary/aromatic N) is 1. The SMILES string of the molecule is C[C@@H]1C[C@@H](C)CN(S(=O)(=O)c2ccc(NC(=O)Cc3ccccc3F)cc2)C1. The summed E-state index contributed by atoms with van der Waals surface area (Å²) in [4.78, 5) is 12.3. The lowest BCUT2D eigenvalue weighted by atomic mass is 9.94. The molecule has 3 rings (SSSR count). The first-order valence-corrected chi connectivity index (χ1v) is 10.8. The number of halogens is 1. The van der Waals surface area contributed by atoms with Gasteiger partial charge < -0.3 is 5.32 Å². The van der Waals surface area contributed by atoms with Gasteiger partial charge in [0.2, 0.25) is 15.9 Å². The molecule has 150 valence electrons. The second kappa shape index (κ2) is 8.41. The number of piperidine rings is 1. The Morgan fingerprint density at radius 3 is 2.29 bits per heavy atom. The number of amides is 1. The van der Waals surface area contributed by atoms with E-state index in [4.69, 9.17) is 0 Å². The topological polar surface area (TPSA) is 66.5 Å². The summed E-state index contributed by atoms with van der Waals surface area (Å²) in [5, 5.41) is 2.68. The molecule has 1 amide bonds. The van der Waals surface area contributed by atoms with Crippen LogP contribution in [0, 0.1) is 17.7 Å². The van der Waals surface area contributed by atoms with E-state index in [1.54, 1.807) is 30.3 Å². The van der Waals surface area contributed by atoms with E-state index < -0.39 is 15.8 Å². The maximum absolute atomic E-state index is 13.7. The third-order valence-corrected chi connectivity index (χ3v) is 6.77. The van der Waals surface area contributed by atoms with Gasteiger partial charge in [0.15, 0.2) is 0 Å². The average molecular weight is 405 g/mol. The molecule has 7 heteroatoms. The summed E-state index contributed by atoms with van der Waals surface area (Å²) in [6, 6.07) is 12.2. The first-order chi connectivity index (χ1) is 13.3. The van der Waals surface area contributed by atoms with Crippen LogP contribution in [0.5, 0.6) is 0 Å². The maximum atomic E-state index is 13.7. The number of anilines is 1. The molecule has 1 heterocycles. The van der Waals surface area contributed by atoms with Crippen LogP contribution in [0.25, 0.3) is 0 Å². The van der Waals surface area contributed by atoms with Crippen LogP contribution in [-0.2, 0) is 21.2 Å². The van der Waals surface area contributed by atoms with Crippen LogP contribution in [0.1, 0.15) is 25.8 Å². The van der Waals surface area contributed by atoms with E-state index in [1.807, 2.05) is 0 Å². The van der Waals surface area contributed by atoms with Gasteiger partial charge in [-0.15, -0.1) is 0 Å². The number of benzene rings is 2. The minimum absolute atomic E-state index is 0.0870. The molecule has 0 spiro atoms. The predicted molar refractivity (Wildman–Crippen MR) is 107 cm³/mol. The van der Waals surface area contributed by atoms with Crippen LogP contribution >= 0.6 is 0 Å². The summed E-state index contributed by atoms with van der Waals surface area (Å²) in [5.74, 6) is -0.130. The van der Waals surface area contributed by atoms with Gasteiger partial charge in [0.05, 0.1) is 11.3 Å². The minimum atomic E-state index is -3.56. The molecule has 28 heavy (non-hydrogen) atoms. The van der Waals surface area contributed by atoms with E-state index in [1.165, 1.54) is 22.5 Å². The molecular weight excluding hydrogens is 379 g/mol. The van der Waals surface area contributed by atoms with E-state index in [0.29, 0.717) is 36.2 Å². The van der Waals surface area contributed by atoms with Gasteiger partial charge in [-0.25, -0.2) is 12.8 Å². The Morgan fingerprint density at radius 1 is 1.07 bits per heavy atom. The van der Waals surface area contributed by atoms with Gasteiger partial charge in [0.1, 0.15) is 5.82 Å². The lowest BCUT2D eigenvalue weighted by molar-refractivity contribution is -0.115. The Labute approximate surface area is 165 Å². The van der Waals surface area contributed by atoms with Gasteiger partial charge in [0, 0.05) is 18.8 Å². The number of hydrogen-bond acceptors (Lipinski definition) is 3. The van der Waals surface area contributed by atoms with Crippen molar-refractivity contribution in [2.75, 3.05) is 18.4 Å². The van der Waals surface area contributed by atoms with Crippen LogP contribution in [0.3, 0.4) is 0 Å². The van der Waals surface area contributed by atoms with Crippen molar-refractivity contribution in [2.45, 2.75) is 31.6 Å². The number of carbonyl (C=O) groups is 1. The van der Waals surface area contributed by atoms with Crippen molar-refractivity contribution in [2.24, 2.45) is 11.8 Å². The Kier molecular flexibility index (Phi) is 6.15. The first kappa shape index (κ1) is 20.5. The van der Waals surface area contributed by atoms with Gasteiger partial charge in [-0.1, -0.05) is 32.0 Å². The number of nitrogens with one attached hydrogen (secondary N) is 1. The van der Waals surface area contributed by atoms with Crippen molar-refractivity contribution in [3.05, 3.63) is 59.9 Å². The fourth-order valence-electron chi connectivity index (χ4n) is 3.68. The number of hydrogen-bond donors (Lipinski definition) is 1. The maximum Gasteiger partial charge on any atom is 0.243 e. The largest absolute Gasteiger partial charge is 0.326 e. The summed E-state index contributed by atoms with van der Waals surface area (Å²) >= 11 is 0. The third-order valence-electron chi connectivity index (χ3n) is 4.92. The molecule has 0 unspecified atom stereocenters. The Balaban J connectivity index is 1.67. The molecule has 1 aliphatic heterocycles. The summed E-state index contributed by atoms with van der Waals surface area (Å²) < 4.78 is 41.0. The molecule has 1 saturated heterocycles. The summed E-state index contributed by atoms with van der Waals surface area (Å²) in [7, 11) is -3.56. The number of sulfonamides is 1. The molecule has 1 N–H and O–H groups in total. The molecule has 0 aliphatic carbocycles. The molecule has 1 aliphatic rings. The molecule has 5 nitrogen and oxygen atoms in total. The molecule has 2 aromatic rings. The molecule has 0 bridgehead atoms. The van der Waals surface area contributed by atoms with Crippen LogP contribution in [0.2, 0.25) is 0 Å². The molecule has 2 aromatic carbocycles. The summed E-state index contributed by atoms with van der Waals surface area (Å²) in [6.45, 7) is 5.17. The molecular formula is C21H25FN2O3S. The van der Waals surface area contributed by atoms with Crippen molar-refractivity contribution < 1.29 is 17.6 Å². The zero-order chi connectivity index (χ0) is 20.3. The van der Waals surface area contributed by atoms with E-state index in [2.05, 4.69) is 19.2 Å². The first-order valence-electron chi connectivity index (χ1n) is 9.39. The van der Waals surface area contributed by atoms with Gasteiger partial charge in [0.25, 0.3) is 0 Å². The minimum Gasteiger partial charge on any atom is -0.326 e. The lowest BCUT2D eigenvalue weighted by Crippen LogP contribution is -2.42. The second-order valence-electron chi connectivity index (χ2n) is 7.61. The van der Waals surface area contributed by atoms with Crippen LogP contribution < -0.4 is 5.32 Å². The second-order valence-corrected chi connectivity index (χ2v) is 9.55. The smallest absolute Gasteiger partial charge is 0.243 e. The molecule has 1 fully saturated rings. The van der Waals surface area contributed by atoms with E-state index in [-0.39, 0.29) is 17.2 Å². The predicted octanol–water partition coefficient (Wildman–Crippen LogP) is 3.67. The molecule has 0 aromatic heterocycles. The van der Waals surface area contributed by atoms with Crippen molar-refractivity contribution >= 4 is 21.6 Å². The van der Waals surface area contributed by atoms with Crippen molar-refractivity contribution in [3.8, 4) is 0 Å². The Bertz CT molecular complexity index is 934. The fourth-order valence-corrected chi connectivity index (χ4v) is 5.36. The van der Waals surface area contributed by atoms with Crippen molar-refractivity contribution in [1.29, 1.82) is 0 Å². The van der Waals surface area contributed by atoms with E-state index in [0.717, 1.165) is 6.42 Å². The third kappa shape index (κ3) is 4.77. The van der Waals surface area contributed by atoms with Gasteiger partial charge in [-0.2, -0.15) is 4.31 Å². The molecule has 0 radical (unpaired) electrons. The van der Waals surface area contributed by atoms with Gasteiger partial charge >= 0.3 is 0 Å². The lowest BCUT2D eigenvalue weighted by Gasteiger charge is -2.34. The average Bonchev–Trinajstić information content (AvgIpc) is 2.63. The van der Waals surface area contributed by atoms with E-state index >= 15 is 0 Å². The van der Waals surface area contributed by atoms with Crippen LogP contribution in [0.4, 0.5) is 10.1 Å². The Morgan fingerprint density at radius 2 is 1.68 bits per heavy atom. The summed E-state index contributed by atoms with van der Waals surface area (Å²) in [6.07, 6.45) is 0.940. The molecule has 2 atom stereocenters.